The molecule has 120 valence electrons. The molecule has 5 nitrogen and oxygen atoms in total. The van der Waals surface area contributed by atoms with Crippen LogP contribution in [0.4, 0.5) is 20.2 Å². The van der Waals surface area contributed by atoms with Gasteiger partial charge in [-0.15, -0.1) is 0 Å². The first kappa shape index (κ1) is 16.7. The van der Waals surface area contributed by atoms with Crippen molar-refractivity contribution in [2.75, 3.05) is 17.2 Å². The van der Waals surface area contributed by atoms with E-state index in [9.17, 15) is 18.4 Å². The summed E-state index contributed by atoms with van der Waals surface area (Å²) in [7, 11) is 0. The van der Waals surface area contributed by atoms with E-state index < -0.39 is 23.4 Å². The highest BCUT2D eigenvalue weighted by Crippen LogP contribution is 2.19. The molecule has 0 spiro atoms. The van der Waals surface area contributed by atoms with Gasteiger partial charge in [0.05, 0.1) is 17.8 Å². The minimum Gasteiger partial charge on any atom is -0.376 e. The van der Waals surface area contributed by atoms with E-state index in [2.05, 4.69) is 10.6 Å². The maximum absolute atomic E-state index is 13.5. The van der Waals surface area contributed by atoms with Crippen LogP contribution in [0.15, 0.2) is 36.4 Å². The van der Waals surface area contributed by atoms with E-state index in [-0.39, 0.29) is 22.8 Å². The second kappa shape index (κ2) is 7.06. The molecule has 2 rings (SSSR count). The molecule has 0 aromatic heterocycles. The summed E-state index contributed by atoms with van der Waals surface area (Å²) in [6.45, 7) is -0.226. The van der Waals surface area contributed by atoms with Gasteiger partial charge in [0.2, 0.25) is 5.91 Å². The van der Waals surface area contributed by atoms with E-state index in [0.717, 1.165) is 12.1 Å². The third kappa shape index (κ3) is 4.40. The zero-order chi connectivity index (χ0) is 17.0. The minimum absolute atomic E-state index is 0.0544. The van der Waals surface area contributed by atoms with Crippen LogP contribution in [0.5, 0.6) is 0 Å². The number of amides is 2. The Morgan fingerprint density at radius 3 is 2.48 bits per heavy atom. The SMILES string of the molecule is NC(=O)c1cc(NCC(=O)Nc2cc(Cl)ccc2F)ccc1F. The van der Waals surface area contributed by atoms with Crippen LogP contribution in [-0.4, -0.2) is 18.4 Å². The second-order valence-electron chi connectivity index (χ2n) is 4.58. The number of hydrogen-bond donors (Lipinski definition) is 3. The molecule has 0 bridgehead atoms. The molecule has 0 radical (unpaired) electrons. The Balaban J connectivity index is 2.01. The van der Waals surface area contributed by atoms with Crippen LogP contribution in [-0.2, 0) is 4.79 Å². The number of hydrogen-bond acceptors (Lipinski definition) is 3. The van der Waals surface area contributed by atoms with Crippen molar-refractivity contribution in [3.8, 4) is 0 Å². The van der Waals surface area contributed by atoms with Gasteiger partial charge in [-0.2, -0.15) is 0 Å². The highest BCUT2D eigenvalue weighted by atomic mass is 35.5. The number of carbonyl (C=O) groups is 2. The first-order chi connectivity index (χ1) is 10.9. The number of primary amides is 1. The molecule has 0 aliphatic rings. The van der Waals surface area contributed by atoms with E-state index in [1.807, 2.05) is 0 Å². The molecule has 0 saturated carbocycles. The van der Waals surface area contributed by atoms with Crippen molar-refractivity contribution in [1.82, 2.24) is 0 Å². The van der Waals surface area contributed by atoms with Gasteiger partial charge in [0.15, 0.2) is 0 Å². The lowest BCUT2D eigenvalue weighted by Crippen LogP contribution is -2.22. The Bertz CT molecular complexity index is 768. The van der Waals surface area contributed by atoms with Gasteiger partial charge in [0.25, 0.3) is 5.91 Å². The summed E-state index contributed by atoms with van der Waals surface area (Å²) in [4.78, 5) is 22.8. The number of halogens is 3. The Morgan fingerprint density at radius 1 is 1.09 bits per heavy atom. The molecule has 8 heteroatoms. The molecule has 0 aliphatic heterocycles. The summed E-state index contributed by atoms with van der Waals surface area (Å²) in [5, 5.41) is 5.30. The lowest BCUT2D eigenvalue weighted by Gasteiger charge is -2.10. The smallest absolute Gasteiger partial charge is 0.251 e. The monoisotopic (exact) mass is 339 g/mol. The predicted octanol–water partition coefficient (Wildman–Crippen LogP) is 2.77. The van der Waals surface area contributed by atoms with Gasteiger partial charge >= 0.3 is 0 Å². The topological polar surface area (TPSA) is 84.2 Å². The Hall–Kier alpha value is -2.67. The first-order valence-electron chi connectivity index (χ1n) is 6.45. The van der Waals surface area contributed by atoms with Crippen molar-refractivity contribution >= 4 is 34.8 Å². The van der Waals surface area contributed by atoms with Crippen LogP contribution in [0.2, 0.25) is 5.02 Å². The molecule has 2 aromatic rings. The van der Waals surface area contributed by atoms with Gasteiger partial charge in [0.1, 0.15) is 11.6 Å². The summed E-state index contributed by atoms with van der Waals surface area (Å²) >= 11 is 5.72. The van der Waals surface area contributed by atoms with E-state index in [1.165, 1.54) is 24.3 Å². The van der Waals surface area contributed by atoms with Gasteiger partial charge in [-0.25, -0.2) is 8.78 Å². The average Bonchev–Trinajstić information content (AvgIpc) is 2.50. The van der Waals surface area contributed by atoms with Crippen LogP contribution in [0, 0.1) is 11.6 Å². The van der Waals surface area contributed by atoms with Crippen LogP contribution in [0.25, 0.3) is 0 Å². The third-order valence-corrected chi connectivity index (χ3v) is 3.12. The fourth-order valence-corrected chi connectivity index (χ4v) is 1.97. The number of nitrogens with two attached hydrogens (primary N) is 1. The molecular weight excluding hydrogens is 328 g/mol. The Morgan fingerprint density at radius 2 is 1.78 bits per heavy atom. The van der Waals surface area contributed by atoms with Crippen molar-refractivity contribution in [1.29, 1.82) is 0 Å². The molecule has 2 aromatic carbocycles. The lowest BCUT2D eigenvalue weighted by molar-refractivity contribution is -0.114. The van der Waals surface area contributed by atoms with Crippen LogP contribution >= 0.6 is 11.6 Å². The molecule has 2 amide bonds. The first-order valence-corrected chi connectivity index (χ1v) is 6.83. The van der Waals surface area contributed by atoms with Crippen molar-refractivity contribution < 1.29 is 18.4 Å². The van der Waals surface area contributed by atoms with Crippen LogP contribution in [0.3, 0.4) is 0 Å². The Kier molecular flexibility index (Phi) is 5.13. The number of nitrogens with one attached hydrogen (secondary N) is 2. The molecule has 0 aliphatic carbocycles. The number of benzene rings is 2. The van der Waals surface area contributed by atoms with Gasteiger partial charge in [-0.1, -0.05) is 11.6 Å². The maximum atomic E-state index is 13.5. The standard InChI is InChI=1S/C15H12ClF2N3O2/c16-8-1-3-12(18)13(5-8)21-14(22)7-20-9-2-4-11(17)10(6-9)15(19)23/h1-6,20H,7H2,(H2,19,23)(H,21,22). The molecule has 23 heavy (non-hydrogen) atoms. The summed E-state index contributed by atoms with van der Waals surface area (Å²) in [5.41, 5.74) is 5.00. The molecule has 0 heterocycles. The average molecular weight is 340 g/mol. The van der Waals surface area contributed by atoms with E-state index in [1.54, 1.807) is 0 Å². The number of anilines is 2. The highest BCUT2D eigenvalue weighted by Gasteiger charge is 2.11. The van der Waals surface area contributed by atoms with Gasteiger partial charge in [-0.3, -0.25) is 9.59 Å². The lowest BCUT2D eigenvalue weighted by atomic mass is 10.2. The van der Waals surface area contributed by atoms with Crippen molar-refractivity contribution in [3.63, 3.8) is 0 Å². The molecule has 0 saturated heterocycles. The zero-order valence-corrected chi connectivity index (χ0v) is 12.5. The fraction of sp³-hybridized carbons (Fsp3) is 0.0667. The van der Waals surface area contributed by atoms with Gasteiger partial charge < -0.3 is 16.4 Å². The fourth-order valence-electron chi connectivity index (χ4n) is 1.79. The number of rotatable bonds is 5. The van der Waals surface area contributed by atoms with Crippen LogP contribution in [0.1, 0.15) is 10.4 Å². The molecule has 0 atom stereocenters. The predicted molar refractivity (Wildman–Crippen MR) is 83.4 cm³/mol. The summed E-state index contributed by atoms with van der Waals surface area (Å²) in [6, 6.07) is 7.34. The van der Waals surface area contributed by atoms with Gasteiger partial charge in [-0.05, 0) is 36.4 Å². The zero-order valence-electron chi connectivity index (χ0n) is 11.7. The molecule has 0 unspecified atom stereocenters. The van der Waals surface area contributed by atoms with Gasteiger partial charge in [0, 0.05) is 10.7 Å². The van der Waals surface area contributed by atoms with Crippen molar-refractivity contribution in [2.45, 2.75) is 0 Å². The maximum Gasteiger partial charge on any atom is 0.251 e. The van der Waals surface area contributed by atoms with E-state index >= 15 is 0 Å². The largest absolute Gasteiger partial charge is 0.376 e. The third-order valence-electron chi connectivity index (χ3n) is 2.89. The molecule has 4 N–H and O–H groups in total. The van der Waals surface area contributed by atoms with Crippen LogP contribution < -0.4 is 16.4 Å². The Labute approximate surface area is 135 Å². The van der Waals surface area contributed by atoms with Crippen molar-refractivity contribution in [2.24, 2.45) is 5.73 Å². The summed E-state index contributed by atoms with van der Waals surface area (Å²) in [5.74, 6) is -2.85. The van der Waals surface area contributed by atoms with Crippen molar-refractivity contribution in [3.05, 3.63) is 58.6 Å². The summed E-state index contributed by atoms with van der Waals surface area (Å²) < 4.78 is 26.8. The number of carbonyl (C=O) groups excluding carboxylic acids is 2. The summed E-state index contributed by atoms with van der Waals surface area (Å²) in [6.07, 6.45) is 0. The second-order valence-corrected chi connectivity index (χ2v) is 5.02. The quantitative estimate of drug-likeness (QED) is 0.783. The molecular formula is C15H12ClF2N3O2. The normalized spacial score (nSPS) is 10.2. The van der Waals surface area contributed by atoms with E-state index in [0.29, 0.717) is 5.69 Å². The highest BCUT2D eigenvalue weighted by molar-refractivity contribution is 6.30. The molecule has 0 fully saturated rings. The van der Waals surface area contributed by atoms with E-state index in [4.69, 9.17) is 17.3 Å². The minimum atomic E-state index is -0.920.